The molecule has 10 heteroatoms. The molecule has 0 fully saturated rings. The summed E-state index contributed by atoms with van der Waals surface area (Å²) in [5.74, 6) is 2.35. The van der Waals surface area contributed by atoms with E-state index in [0.717, 1.165) is 117 Å². The molecule has 0 aliphatic carbocycles. The third kappa shape index (κ3) is 24.2. The lowest BCUT2D eigenvalue weighted by Gasteiger charge is -2.34. The van der Waals surface area contributed by atoms with Crippen molar-refractivity contribution >= 4 is 40.6 Å². The van der Waals surface area contributed by atoms with Gasteiger partial charge in [0.05, 0.1) is 39.6 Å². The molecule has 0 aliphatic rings. The first-order valence-corrected chi connectivity index (χ1v) is 23.6. The first kappa shape index (κ1) is 42.9. The Morgan fingerprint density at radius 2 is 0.619 bits per heavy atom. The number of rotatable bonds is 35. The van der Waals surface area contributed by atoms with Crippen LogP contribution in [0.4, 0.5) is 0 Å². The topological polar surface area (TPSA) is 55.4 Å². The molecule has 0 heterocycles. The molecule has 0 saturated heterocycles. The molecule has 6 nitrogen and oxygen atoms in total. The molecular formula is C32H70O6S2Si2. The van der Waals surface area contributed by atoms with Crippen LogP contribution in [-0.4, -0.2) is 81.4 Å². The zero-order valence-corrected chi connectivity index (χ0v) is 33.1. The molecule has 0 atom stereocenters. The van der Waals surface area contributed by atoms with Gasteiger partial charge in [-0.15, -0.1) is 0 Å². The number of ether oxygens (including phenoxy) is 6. The summed E-state index contributed by atoms with van der Waals surface area (Å²) in [7, 11) is 2.67. The normalized spacial score (nSPS) is 13.0. The first-order valence-electron chi connectivity index (χ1n) is 17.7. The Hall–Kier alpha value is 0.894. The second kappa shape index (κ2) is 31.9. The SMILES string of the molecule is CCCCOC(OCCCC)(OCCCC)[SiH2]CCCSSCCC[SiH2]C(OCCCC)(OCCCC)OCCCC. The highest BCUT2D eigenvalue weighted by Crippen LogP contribution is 2.26. The molecule has 0 bridgehead atoms. The van der Waals surface area contributed by atoms with Crippen molar-refractivity contribution in [3.05, 3.63) is 0 Å². The van der Waals surface area contributed by atoms with E-state index >= 15 is 0 Å². The summed E-state index contributed by atoms with van der Waals surface area (Å²) in [6.07, 6.45) is 15.5. The van der Waals surface area contributed by atoms with E-state index in [9.17, 15) is 0 Å². The average molecular weight is 671 g/mol. The van der Waals surface area contributed by atoms with Gasteiger partial charge >= 0.3 is 0 Å². The van der Waals surface area contributed by atoms with Crippen LogP contribution in [0.15, 0.2) is 0 Å². The largest absolute Gasteiger partial charge is 0.332 e. The van der Waals surface area contributed by atoms with Crippen molar-refractivity contribution in [2.24, 2.45) is 0 Å². The summed E-state index contributed by atoms with van der Waals surface area (Å²) in [4.78, 5) is 0. The van der Waals surface area contributed by atoms with E-state index in [4.69, 9.17) is 28.4 Å². The van der Waals surface area contributed by atoms with Crippen LogP contribution < -0.4 is 0 Å². The monoisotopic (exact) mass is 670 g/mol. The van der Waals surface area contributed by atoms with Crippen molar-refractivity contribution in [3.63, 3.8) is 0 Å². The molecule has 0 N–H and O–H groups in total. The summed E-state index contributed by atoms with van der Waals surface area (Å²) in [6.45, 7) is 17.6. The Kier molecular flexibility index (Phi) is 32.5. The van der Waals surface area contributed by atoms with Gasteiger partial charge in [0.1, 0.15) is 19.0 Å². The van der Waals surface area contributed by atoms with Gasteiger partial charge in [0.25, 0.3) is 0 Å². The van der Waals surface area contributed by atoms with E-state index < -0.39 is 30.2 Å². The van der Waals surface area contributed by atoms with Crippen LogP contribution in [0.25, 0.3) is 0 Å². The van der Waals surface area contributed by atoms with Crippen molar-refractivity contribution < 1.29 is 28.4 Å². The van der Waals surface area contributed by atoms with Gasteiger partial charge in [-0.2, -0.15) is 0 Å². The van der Waals surface area contributed by atoms with Gasteiger partial charge in [-0.25, -0.2) is 0 Å². The van der Waals surface area contributed by atoms with Gasteiger partial charge in [0.2, 0.25) is 11.2 Å². The van der Waals surface area contributed by atoms with Crippen molar-refractivity contribution in [1.29, 1.82) is 0 Å². The standard InChI is InChI=1S/C32H70O6S2Si2/c1-7-13-21-33-31(34-22-14-8-2,35-23-15-9-3)41-29-19-27-39-40-28-20-30-42-32(36-24-16-10-4,37-25-17-11-5)38-26-18-12-6/h7-30,41-42H2,1-6H3. The fraction of sp³-hybridized carbons (Fsp3) is 1.00. The van der Waals surface area contributed by atoms with Crippen LogP contribution >= 0.6 is 21.6 Å². The number of hydrogen-bond acceptors (Lipinski definition) is 8. The second-order valence-electron chi connectivity index (χ2n) is 11.1. The highest BCUT2D eigenvalue weighted by molar-refractivity contribution is 8.76. The van der Waals surface area contributed by atoms with E-state index in [0.29, 0.717) is 0 Å². The molecule has 0 unspecified atom stereocenters. The maximum atomic E-state index is 6.33. The highest BCUT2D eigenvalue weighted by atomic mass is 33.1. The van der Waals surface area contributed by atoms with E-state index in [1.807, 2.05) is 21.6 Å². The van der Waals surface area contributed by atoms with Crippen molar-refractivity contribution in [3.8, 4) is 0 Å². The number of unbranched alkanes of at least 4 members (excludes halogenated alkanes) is 6. The van der Waals surface area contributed by atoms with Crippen LogP contribution in [0.3, 0.4) is 0 Å². The predicted molar refractivity (Wildman–Crippen MR) is 191 cm³/mol. The summed E-state index contributed by atoms with van der Waals surface area (Å²) in [5.41, 5.74) is -1.46. The maximum absolute atomic E-state index is 6.33. The third-order valence-electron chi connectivity index (χ3n) is 6.92. The molecule has 0 aromatic carbocycles. The fourth-order valence-corrected chi connectivity index (χ4v) is 10.7. The van der Waals surface area contributed by atoms with Crippen LogP contribution in [0.1, 0.15) is 131 Å². The lowest BCUT2D eigenvalue weighted by atomic mass is 10.4. The number of hydrogen-bond donors (Lipinski definition) is 0. The Balaban J connectivity index is 4.57. The molecular weight excluding hydrogens is 601 g/mol. The van der Waals surface area contributed by atoms with E-state index in [-0.39, 0.29) is 0 Å². The van der Waals surface area contributed by atoms with Gasteiger partial charge in [-0.1, -0.05) is 114 Å². The minimum Gasteiger partial charge on any atom is -0.332 e. The van der Waals surface area contributed by atoms with Crippen LogP contribution in [0.2, 0.25) is 12.1 Å². The van der Waals surface area contributed by atoms with E-state index in [1.165, 1.54) is 36.4 Å². The lowest BCUT2D eigenvalue weighted by Crippen LogP contribution is -2.46. The van der Waals surface area contributed by atoms with Gasteiger partial charge in [0.15, 0.2) is 0 Å². The van der Waals surface area contributed by atoms with Gasteiger partial charge in [-0.3, -0.25) is 0 Å². The summed E-state index contributed by atoms with van der Waals surface area (Å²) < 4.78 is 38.0. The molecule has 0 aliphatic heterocycles. The van der Waals surface area contributed by atoms with Gasteiger partial charge in [-0.05, 0) is 51.4 Å². The third-order valence-corrected chi connectivity index (χ3v) is 13.7. The summed E-state index contributed by atoms with van der Waals surface area (Å²) in [5, 5.41) is 0. The Morgan fingerprint density at radius 3 is 0.833 bits per heavy atom. The van der Waals surface area contributed by atoms with Crippen LogP contribution in [0.5, 0.6) is 0 Å². The summed E-state index contributed by atoms with van der Waals surface area (Å²) >= 11 is 0. The van der Waals surface area contributed by atoms with Gasteiger partial charge in [0, 0.05) is 11.5 Å². The molecule has 0 spiro atoms. The van der Waals surface area contributed by atoms with Crippen LogP contribution in [0, 0.1) is 0 Å². The molecule has 0 aromatic heterocycles. The van der Waals surface area contributed by atoms with E-state index in [1.54, 1.807) is 0 Å². The minimum atomic E-state index is -0.730. The molecule has 42 heavy (non-hydrogen) atoms. The molecule has 254 valence electrons. The van der Waals surface area contributed by atoms with Crippen molar-refractivity contribution in [2.45, 2.75) is 155 Å². The zero-order chi connectivity index (χ0) is 31.0. The zero-order valence-electron chi connectivity index (χ0n) is 28.7. The van der Waals surface area contributed by atoms with Gasteiger partial charge < -0.3 is 28.4 Å². The smallest absolute Gasteiger partial charge is 0.249 e. The van der Waals surface area contributed by atoms with Crippen LogP contribution in [-0.2, 0) is 28.4 Å². The maximum Gasteiger partial charge on any atom is 0.249 e. The molecule has 0 rings (SSSR count). The Morgan fingerprint density at radius 1 is 0.381 bits per heavy atom. The minimum absolute atomic E-state index is 0.682. The molecule has 0 radical (unpaired) electrons. The van der Waals surface area contributed by atoms with Crippen molar-refractivity contribution in [2.75, 3.05) is 51.1 Å². The highest BCUT2D eigenvalue weighted by Gasteiger charge is 2.34. The molecule has 0 saturated carbocycles. The van der Waals surface area contributed by atoms with E-state index in [2.05, 4.69) is 41.5 Å². The Labute approximate surface area is 274 Å². The molecule has 0 amide bonds. The Bertz CT molecular complexity index is 452. The van der Waals surface area contributed by atoms with Crippen molar-refractivity contribution in [1.82, 2.24) is 0 Å². The lowest BCUT2D eigenvalue weighted by molar-refractivity contribution is -0.328. The summed E-state index contributed by atoms with van der Waals surface area (Å²) in [6, 6.07) is 2.37. The second-order valence-corrected chi connectivity index (χ2v) is 18.0. The molecule has 0 aromatic rings. The average Bonchev–Trinajstić information content (AvgIpc) is 2.99. The quantitative estimate of drug-likeness (QED) is 0.0288. The predicted octanol–water partition coefficient (Wildman–Crippen LogP) is 8.45. The first-order chi connectivity index (χ1) is 20.6. The fourth-order valence-electron chi connectivity index (χ4n) is 4.04.